The average Bonchev–Trinajstić information content (AvgIpc) is 3.06. The number of carboxylic acid groups (broad SMARTS) is 1. The maximum absolute atomic E-state index is 12.3. The van der Waals surface area contributed by atoms with Gasteiger partial charge in [0.2, 0.25) is 5.91 Å². The molecule has 1 aromatic heterocycles. The van der Waals surface area contributed by atoms with Gasteiger partial charge >= 0.3 is 5.97 Å². The van der Waals surface area contributed by atoms with Crippen molar-refractivity contribution in [3.8, 4) is 0 Å². The number of hydrogen-bond donors (Lipinski definition) is 1. The van der Waals surface area contributed by atoms with Gasteiger partial charge in [-0.3, -0.25) is 4.79 Å². The fraction of sp³-hybridized carbons (Fsp3) is 0.333. The maximum atomic E-state index is 12.3. The summed E-state index contributed by atoms with van der Waals surface area (Å²) in [4.78, 5) is 25.0. The summed E-state index contributed by atoms with van der Waals surface area (Å²) in [7, 11) is 0. The lowest BCUT2D eigenvalue weighted by Crippen LogP contribution is -2.41. The molecule has 1 amide bonds. The zero-order valence-corrected chi connectivity index (χ0v) is 11.7. The summed E-state index contributed by atoms with van der Waals surface area (Å²) in [5, 5.41) is 12.2. The second kappa shape index (κ2) is 5.25. The number of aliphatic carboxylic acids is 1. The predicted octanol–water partition coefficient (Wildman–Crippen LogP) is 2.52. The van der Waals surface area contributed by atoms with Gasteiger partial charge in [-0.05, 0) is 35.2 Å². The van der Waals surface area contributed by atoms with E-state index < -0.39 is 12.0 Å². The lowest BCUT2D eigenvalue weighted by Gasteiger charge is -2.21. The molecule has 2 heterocycles. The van der Waals surface area contributed by atoms with E-state index in [1.54, 1.807) is 11.3 Å². The van der Waals surface area contributed by atoms with E-state index in [4.69, 9.17) is 5.11 Å². The van der Waals surface area contributed by atoms with Crippen molar-refractivity contribution in [3.63, 3.8) is 0 Å². The van der Waals surface area contributed by atoms with E-state index in [0.717, 1.165) is 22.1 Å². The minimum Gasteiger partial charge on any atom is -0.480 e. The second-order valence-electron chi connectivity index (χ2n) is 5.02. The molecular formula is C15H15NO3S. The van der Waals surface area contributed by atoms with Gasteiger partial charge in [0, 0.05) is 11.2 Å². The number of carbonyl (C=O) groups excluding carboxylic acids is 1. The van der Waals surface area contributed by atoms with Crippen molar-refractivity contribution >= 4 is 33.3 Å². The molecule has 1 atom stereocenters. The third-order valence-electron chi connectivity index (χ3n) is 3.76. The highest BCUT2D eigenvalue weighted by atomic mass is 32.1. The number of fused-ring (bicyclic) bond motifs is 1. The smallest absolute Gasteiger partial charge is 0.326 e. The van der Waals surface area contributed by atoms with Crippen LogP contribution in [0.5, 0.6) is 0 Å². The van der Waals surface area contributed by atoms with Crippen molar-refractivity contribution in [1.82, 2.24) is 4.90 Å². The molecule has 0 bridgehead atoms. The summed E-state index contributed by atoms with van der Waals surface area (Å²) in [6.45, 7) is 0.553. The normalized spacial score (nSPS) is 18.6. The van der Waals surface area contributed by atoms with Gasteiger partial charge < -0.3 is 10.0 Å². The molecule has 1 aliphatic heterocycles. The summed E-state index contributed by atoms with van der Waals surface area (Å²) in [5.74, 6) is -0.982. The van der Waals surface area contributed by atoms with E-state index in [1.807, 2.05) is 29.6 Å². The first kappa shape index (κ1) is 13.1. The number of benzene rings is 1. The van der Waals surface area contributed by atoms with E-state index >= 15 is 0 Å². The van der Waals surface area contributed by atoms with Gasteiger partial charge in [0.05, 0.1) is 6.42 Å². The Bertz CT molecular complexity index is 664. The molecule has 20 heavy (non-hydrogen) atoms. The Morgan fingerprint density at radius 1 is 1.35 bits per heavy atom. The van der Waals surface area contributed by atoms with Crippen LogP contribution >= 0.6 is 11.3 Å². The zero-order chi connectivity index (χ0) is 14.1. The van der Waals surface area contributed by atoms with E-state index in [1.165, 1.54) is 4.90 Å². The Morgan fingerprint density at radius 2 is 2.15 bits per heavy atom. The van der Waals surface area contributed by atoms with Crippen molar-refractivity contribution < 1.29 is 14.7 Å². The number of likely N-dealkylation sites (tertiary alicyclic amines) is 1. The molecule has 0 unspecified atom stereocenters. The van der Waals surface area contributed by atoms with Crippen LogP contribution in [0.25, 0.3) is 10.1 Å². The van der Waals surface area contributed by atoms with Crippen LogP contribution in [0.2, 0.25) is 0 Å². The molecule has 1 fully saturated rings. The van der Waals surface area contributed by atoms with E-state index in [2.05, 4.69) is 0 Å². The number of hydrogen-bond acceptors (Lipinski definition) is 3. The average molecular weight is 289 g/mol. The minimum atomic E-state index is -0.897. The summed E-state index contributed by atoms with van der Waals surface area (Å²) in [6.07, 6.45) is 1.62. The van der Waals surface area contributed by atoms with E-state index in [0.29, 0.717) is 13.0 Å². The molecule has 104 valence electrons. The number of amides is 1. The number of carboxylic acids is 1. The van der Waals surface area contributed by atoms with Crippen molar-refractivity contribution in [2.45, 2.75) is 25.3 Å². The molecule has 1 N–H and O–H groups in total. The number of carbonyl (C=O) groups is 2. The summed E-state index contributed by atoms with van der Waals surface area (Å²) in [5.41, 5.74) is 0.992. The standard InChI is InChI=1S/C15H15NO3S/c17-14(16-7-3-5-12(16)15(18)19)8-10-9-20-13-6-2-1-4-11(10)13/h1-2,4,6,9,12H,3,5,7-8H2,(H,18,19)/t12-/m0/s1. The number of nitrogens with zero attached hydrogens (tertiary/aromatic N) is 1. The minimum absolute atomic E-state index is 0.0848. The lowest BCUT2D eigenvalue weighted by molar-refractivity contribution is -0.147. The van der Waals surface area contributed by atoms with Gasteiger partial charge in [0.25, 0.3) is 0 Å². The largest absolute Gasteiger partial charge is 0.480 e. The first-order valence-corrected chi connectivity index (χ1v) is 7.52. The second-order valence-corrected chi connectivity index (χ2v) is 5.93. The third-order valence-corrected chi connectivity index (χ3v) is 4.77. The van der Waals surface area contributed by atoms with Crippen LogP contribution in [0.1, 0.15) is 18.4 Å². The fourth-order valence-electron chi connectivity index (χ4n) is 2.76. The summed E-state index contributed by atoms with van der Waals surface area (Å²) >= 11 is 1.62. The summed E-state index contributed by atoms with van der Waals surface area (Å²) in [6, 6.07) is 7.33. The molecule has 1 aromatic carbocycles. The lowest BCUT2D eigenvalue weighted by atomic mass is 10.1. The molecule has 5 heteroatoms. The van der Waals surface area contributed by atoms with E-state index in [-0.39, 0.29) is 12.3 Å². The molecule has 0 spiro atoms. The molecule has 4 nitrogen and oxygen atoms in total. The van der Waals surface area contributed by atoms with Gasteiger partial charge in [0.15, 0.2) is 0 Å². The Balaban J connectivity index is 1.80. The van der Waals surface area contributed by atoms with Crippen LogP contribution in [0.3, 0.4) is 0 Å². The van der Waals surface area contributed by atoms with Crippen LogP contribution in [0.4, 0.5) is 0 Å². The van der Waals surface area contributed by atoms with Gasteiger partial charge in [-0.15, -0.1) is 11.3 Å². The van der Waals surface area contributed by atoms with Crippen LogP contribution in [0.15, 0.2) is 29.6 Å². The van der Waals surface area contributed by atoms with Crippen molar-refractivity contribution in [2.75, 3.05) is 6.54 Å². The van der Waals surface area contributed by atoms with Crippen LogP contribution in [-0.2, 0) is 16.0 Å². The maximum Gasteiger partial charge on any atom is 0.326 e. The molecular weight excluding hydrogens is 274 g/mol. The van der Waals surface area contributed by atoms with Gasteiger partial charge in [-0.2, -0.15) is 0 Å². The molecule has 0 radical (unpaired) electrons. The quantitative estimate of drug-likeness (QED) is 0.944. The number of thiophene rings is 1. The first-order valence-electron chi connectivity index (χ1n) is 6.64. The van der Waals surface area contributed by atoms with Crippen LogP contribution < -0.4 is 0 Å². The Hall–Kier alpha value is -1.88. The monoisotopic (exact) mass is 289 g/mol. The fourth-order valence-corrected chi connectivity index (χ4v) is 3.72. The Morgan fingerprint density at radius 3 is 2.95 bits per heavy atom. The molecule has 3 rings (SSSR count). The molecule has 2 aromatic rings. The highest BCUT2D eigenvalue weighted by Gasteiger charge is 2.33. The van der Waals surface area contributed by atoms with Crippen LogP contribution in [0, 0.1) is 0 Å². The topological polar surface area (TPSA) is 57.6 Å². The highest BCUT2D eigenvalue weighted by Crippen LogP contribution is 2.27. The van der Waals surface area contributed by atoms with Crippen molar-refractivity contribution in [3.05, 3.63) is 35.2 Å². The van der Waals surface area contributed by atoms with Crippen LogP contribution in [-0.4, -0.2) is 34.5 Å². The van der Waals surface area contributed by atoms with Gasteiger partial charge in [-0.1, -0.05) is 18.2 Å². The summed E-state index contributed by atoms with van der Waals surface area (Å²) < 4.78 is 1.16. The Kier molecular flexibility index (Phi) is 3.44. The molecule has 1 aliphatic rings. The number of rotatable bonds is 3. The Labute approximate surface area is 120 Å². The zero-order valence-electron chi connectivity index (χ0n) is 10.9. The van der Waals surface area contributed by atoms with Crippen molar-refractivity contribution in [2.24, 2.45) is 0 Å². The predicted molar refractivity (Wildman–Crippen MR) is 77.9 cm³/mol. The van der Waals surface area contributed by atoms with Gasteiger partial charge in [0.1, 0.15) is 6.04 Å². The van der Waals surface area contributed by atoms with E-state index in [9.17, 15) is 9.59 Å². The van der Waals surface area contributed by atoms with Gasteiger partial charge in [-0.25, -0.2) is 4.79 Å². The SMILES string of the molecule is O=C(O)[C@@H]1CCCN1C(=O)Cc1csc2ccccc12. The third kappa shape index (κ3) is 2.29. The molecule has 0 saturated carbocycles. The highest BCUT2D eigenvalue weighted by molar-refractivity contribution is 7.17. The van der Waals surface area contributed by atoms with Crippen molar-refractivity contribution in [1.29, 1.82) is 0 Å². The first-order chi connectivity index (χ1) is 9.66. The molecule has 1 saturated heterocycles. The molecule has 0 aliphatic carbocycles.